The number of para-hydroxylation sites is 2. The van der Waals surface area contributed by atoms with Gasteiger partial charge in [0.25, 0.3) is 5.56 Å². The van der Waals surface area contributed by atoms with Gasteiger partial charge < -0.3 is 5.32 Å². The number of aryl methyl sites for hydroxylation is 1. The lowest BCUT2D eigenvalue weighted by atomic mass is 10.2. The number of aromatic nitrogens is 4. The summed E-state index contributed by atoms with van der Waals surface area (Å²) in [7, 11) is 0. The van der Waals surface area contributed by atoms with Gasteiger partial charge in [0.2, 0.25) is 5.78 Å². The van der Waals surface area contributed by atoms with E-state index < -0.39 is 0 Å². The summed E-state index contributed by atoms with van der Waals surface area (Å²) in [5, 5.41) is 12.0. The minimum atomic E-state index is -0.327. The van der Waals surface area contributed by atoms with Crippen LogP contribution in [-0.4, -0.2) is 19.2 Å². The summed E-state index contributed by atoms with van der Waals surface area (Å²) in [6.45, 7) is 2.67. The SMILES string of the molecule is CCn1c(=O)c2ccccc2n2c(CNc3ccccc3F)nnc12. The molecule has 0 saturated carbocycles. The Morgan fingerprint density at radius 3 is 2.64 bits per heavy atom. The lowest BCUT2D eigenvalue weighted by Crippen LogP contribution is -2.23. The van der Waals surface area contributed by atoms with E-state index in [9.17, 15) is 9.18 Å². The standard InChI is InChI=1S/C18H16FN5O/c1-2-23-17(25)12-7-3-6-10-15(12)24-16(21-22-18(23)24)11-20-14-9-5-4-8-13(14)19/h3-10,20H,2,11H2,1H3. The fourth-order valence-electron chi connectivity index (χ4n) is 2.99. The maximum atomic E-state index is 13.8. The van der Waals surface area contributed by atoms with Gasteiger partial charge in [0.15, 0.2) is 5.82 Å². The maximum absolute atomic E-state index is 13.8. The molecule has 4 aromatic rings. The van der Waals surface area contributed by atoms with Crippen LogP contribution in [0.25, 0.3) is 16.7 Å². The number of halogens is 1. The van der Waals surface area contributed by atoms with Crippen LogP contribution in [0.15, 0.2) is 53.3 Å². The van der Waals surface area contributed by atoms with Crippen LogP contribution in [0.3, 0.4) is 0 Å². The number of anilines is 1. The molecule has 2 aromatic carbocycles. The molecule has 0 aliphatic heterocycles. The molecule has 2 heterocycles. The number of nitrogens with zero attached hydrogens (tertiary/aromatic N) is 4. The summed E-state index contributed by atoms with van der Waals surface area (Å²) in [4.78, 5) is 12.6. The first-order chi connectivity index (χ1) is 12.2. The maximum Gasteiger partial charge on any atom is 0.262 e. The third-order valence-corrected chi connectivity index (χ3v) is 4.20. The van der Waals surface area contributed by atoms with Crippen LogP contribution in [0, 0.1) is 5.82 Å². The Labute approximate surface area is 142 Å². The van der Waals surface area contributed by atoms with E-state index in [0.717, 1.165) is 5.52 Å². The first-order valence-corrected chi connectivity index (χ1v) is 8.04. The van der Waals surface area contributed by atoms with E-state index in [1.807, 2.05) is 29.5 Å². The van der Waals surface area contributed by atoms with Crippen LogP contribution in [0.5, 0.6) is 0 Å². The van der Waals surface area contributed by atoms with E-state index in [1.165, 1.54) is 6.07 Å². The molecule has 0 bridgehead atoms. The summed E-state index contributed by atoms with van der Waals surface area (Å²) in [5.41, 5.74) is 1.04. The summed E-state index contributed by atoms with van der Waals surface area (Å²) < 4.78 is 17.2. The Morgan fingerprint density at radius 1 is 1.08 bits per heavy atom. The van der Waals surface area contributed by atoms with Crippen LogP contribution < -0.4 is 10.9 Å². The van der Waals surface area contributed by atoms with Crippen molar-refractivity contribution in [2.45, 2.75) is 20.0 Å². The zero-order chi connectivity index (χ0) is 17.4. The Bertz CT molecular complexity index is 1130. The Kier molecular flexibility index (Phi) is 3.68. The van der Waals surface area contributed by atoms with Crippen molar-refractivity contribution in [1.82, 2.24) is 19.2 Å². The van der Waals surface area contributed by atoms with Gasteiger partial charge in [0, 0.05) is 6.54 Å². The monoisotopic (exact) mass is 337 g/mol. The lowest BCUT2D eigenvalue weighted by Gasteiger charge is -2.10. The second kappa shape index (κ2) is 6.01. The fraction of sp³-hybridized carbons (Fsp3) is 0.167. The molecule has 0 fully saturated rings. The van der Waals surface area contributed by atoms with Crippen molar-refractivity contribution in [1.29, 1.82) is 0 Å². The summed E-state index contributed by atoms with van der Waals surface area (Å²) in [5.74, 6) is 0.764. The van der Waals surface area contributed by atoms with E-state index >= 15 is 0 Å². The average Bonchev–Trinajstić information content (AvgIpc) is 3.05. The third-order valence-electron chi connectivity index (χ3n) is 4.20. The van der Waals surface area contributed by atoms with Crippen LogP contribution in [0.4, 0.5) is 10.1 Å². The molecule has 126 valence electrons. The van der Waals surface area contributed by atoms with Crippen molar-refractivity contribution in [2.75, 3.05) is 5.32 Å². The van der Waals surface area contributed by atoms with Gasteiger partial charge in [-0.05, 0) is 31.2 Å². The lowest BCUT2D eigenvalue weighted by molar-refractivity contribution is 0.629. The number of hydrogen-bond acceptors (Lipinski definition) is 4. The van der Waals surface area contributed by atoms with E-state index in [-0.39, 0.29) is 17.9 Å². The molecule has 0 aliphatic carbocycles. The van der Waals surface area contributed by atoms with Crippen molar-refractivity contribution in [3.05, 3.63) is 70.5 Å². The highest BCUT2D eigenvalue weighted by Gasteiger charge is 2.15. The van der Waals surface area contributed by atoms with Crippen molar-refractivity contribution in [3.8, 4) is 0 Å². The van der Waals surface area contributed by atoms with Gasteiger partial charge >= 0.3 is 0 Å². The first kappa shape index (κ1) is 15.3. The Hall–Kier alpha value is -3.22. The van der Waals surface area contributed by atoms with Crippen LogP contribution >= 0.6 is 0 Å². The van der Waals surface area contributed by atoms with Gasteiger partial charge in [0.05, 0.1) is 23.1 Å². The van der Waals surface area contributed by atoms with E-state index in [2.05, 4.69) is 15.5 Å². The van der Waals surface area contributed by atoms with Crippen molar-refractivity contribution < 1.29 is 4.39 Å². The topological polar surface area (TPSA) is 64.2 Å². The van der Waals surface area contributed by atoms with Crippen molar-refractivity contribution in [3.63, 3.8) is 0 Å². The zero-order valence-corrected chi connectivity index (χ0v) is 13.6. The van der Waals surface area contributed by atoms with Gasteiger partial charge in [0.1, 0.15) is 5.82 Å². The average molecular weight is 337 g/mol. The highest BCUT2D eigenvalue weighted by Crippen LogP contribution is 2.17. The molecule has 0 radical (unpaired) electrons. The smallest absolute Gasteiger partial charge is 0.262 e. The van der Waals surface area contributed by atoms with E-state index in [4.69, 9.17) is 0 Å². The van der Waals surface area contributed by atoms with Crippen molar-refractivity contribution >= 4 is 22.4 Å². The van der Waals surface area contributed by atoms with Crippen LogP contribution in [0.1, 0.15) is 12.7 Å². The Morgan fingerprint density at radius 2 is 1.84 bits per heavy atom. The predicted octanol–water partition coefficient (Wildman–Crippen LogP) is 2.82. The quantitative estimate of drug-likeness (QED) is 0.622. The van der Waals surface area contributed by atoms with Crippen LogP contribution in [0.2, 0.25) is 0 Å². The van der Waals surface area contributed by atoms with Crippen molar-refractivity contribution in [2.24, 2.45) is 0 Å². The summed E-state index contributed by atoms with van der Waals surface area (Å²) in [6.07, 6.45) is 0. The molecule has 25 heavy (non-hydrogen) atoms. The van der Waals surface area contributed by atoms with Gasteiger partial charge in [-0.1, -0.05) is 24.3 Å². The molecule has 0 unspecified atom stereocenters. The van der Waals surface area contributed by atoms with Gasteiger partial charge in [-0.25, -0.2) is 4.39 Å². The Balaban J connectivity index is 1.87. The number of fused-ring (bicyclic) bond motifs is 3. The number of nitrogens with one attached hydrogen (secondary N) is 1. The molecular weight excluding hydrogens is 321 g/mol. The van der Waals surface area contributed by atoms with Crippen LogP contribution in [-0.2, 0) is 13.1 Å². The zero-order valence-electron chi connectivity index (χ0n) is 13.6. The number of rotatable bonds is 4. The molecule has 4 rings (SSSR count). The highest BCUT2D eigenvalue weighted by atomic mass is 19.1. The molecule has 0 spiro atoms. The summed E-state index contributed by atoms with van der Waals surface area (Å²) in [6, 6.07) is 13.8. The molecule has 0 saturated heterocycles. The van der Waals surface area contributed by atoms with Gasteiger partial charge in [-0.2, -0.15) is 0 Å². The normalized spacial score (nSPS) is 11.3. The van der Waals surface area contributed by atoms with E-state index in [1.54, 1.807) is 28.8 Å². The van der Waals surface area contributed by atoms with Gasteiger partial charge in [-0.15, -0.1) is 10.2 Å². The number of hydrogen-bond donors (Lipinski definition) is 1. The minimum absolute atomic E-state index is 0.0911. The molecule has 1 N–H and O–H groups in total. The van der Waals surface area contributed by atoms with Gasteiger partial charge in [-0.3, -0.25) is 13.8 Å². The highest BCUT2D eigenvalue weighted by molar-refractivity contribution is 5.80. The van der Waals surface area contributed by atoms with E-state index in [0.29, 0.717) is 29.2 Å². The molecule has 7 heteroatoms. The second-order valence-electron chi connectivity index (χ2n) is 5.65. The number of benzene rings is 2. The predicted molar refractivity (Wildman–Crippen MR) is 94.2 cm³/mol. The fourth-order valence-corrected chi connectivity index (χ4v) is 2.99. The molecular formula is C18H16FN5O. The molecule has 0 atom stereocenters. The minimum Gasteiger partial charge on any atom is -0.375 e. The molecule has 6 nitrogen and oxygen atoms in total. The first-order valence-electron chi connectivity index (χ1n) is 8.04. The molecule has 2 aromatic heterocycles. The second-order valence-corrected chi connectivity index (χ2v) is 5.65. The molecule has 0 aliphatic rings. The summed E-state index contributed by atoms with van der Waals surface area (Å²) >= 11 is 0. The largest absolute Gasteiger partial charge is 0.375 e. The molecule has 0 amide bonds. The third kappa shape index (κ3) is 2.44.